The average Bonchev–Trinajstić information content (AvgIpc) is 3.58. The zero-order chi connectivity index (χ0) is 26.8. The molecule has 12 nitrogen and oxygen atoms in total. The summed E-state index contributed by atoms with van der Waals surface area (Å²) >= 11 is 0. The first-order valence-electron chi connectivity index (χ1n) is 11.4. The van der Waals surface area contributed by atoms with Gasteiger partial charge in [0.1, 0.15) is 22.8 Å². The molecule has 0 unspecified atom stereocenters. The maximum Gasteiger partial charge on any atom is 0.387 e. The van der Waals surface area contributed by atoms with Gasteiger partial charge in [0.2, 0.25) is 0 Å². The fraction of sp³-hybridized carbons (Fsp3) is 0.208. The normalized spacial score (nSPS) is 12.2. The molecule has 1 aromatic carbocycles. The Morgan fingerprint density at radius 1 is 1.18 bits per heavy atom. The van der Waals surface area contributed by atoms with Crippen molar-refractivity contribution in [3.8, 4) is 28.5 Å². The van der Waals surface area contributed by atoms with E-state index in [9.17, 15) is 18.7 Å². The molecule has 0 saturated heterocycles. The summed E-state index contributed by atoms with van der Waals surface area (Å²) in [7, 11) is 1.63. The predicted molar refractivity (Wildman–Crippen MR) is 130 cm³/mol. The number of rotatable bonds is 9. The highest BCUT2D eigenvalue weighted by molar-refractivity contribution is 6.09. The molecule has 4 aromatic heterocycles. The van der Waals surface area contributed by atoms with E-state index in [1.54, 1.807) is 32.4 Å². The molecule has 0 saturated carbocycles. The summed E-state index contributed by atoms with van der Waals surface area (Å²) in [5.74, 6) is -0.0200. The van der Waals surface area contributed by atoms with E-state index in [1.807, 2.05) is 0 Å². The Hall–Kier alpha value is -4.85. The number of hydrogen-bond donors (Lipinski definition) is 2. The highest BCUT2D eigenvalue weighted by Gasteiger charge is 2.22. The SMILES string of the molecule is C[C@H](O)Cn1cc(Oc2ccc(OC(F)F)c(-c3nn(C)cc3NC(=O)c3cnn4cccnc34)c2)cn1. The van der Waals surface area contributed by atoms with Gasteiger partial charge < -0.3 is 19.9 Å². The standard InChI is InChI=1S/C24H22F2N8O4/c1-14(35)11-33-12-16(9-28-33)37-15-4-5-20(38-24(25)26)17(8-15)21-19(13-32(2)31-21)30-23(36)18-10-29-34-7-3-6-27-22(18)34/h3-10,12-14,24,35H,11H2,1-2H3,(H,30,36)/t14-/m0/s1. The van der Waals surface area contributed by atoms with E-state index in [0.717, 1.165) is 0 Å². The lowest BCUT2D eigenvalue weighted by atomic mass is 10.1. The van der Waals surface area contributed by atoms with Crippen molar-refractivity contribution in [2.24, 2.45) is 7.05 Å². The fourth-order valence-electron chi connectivity index (χ4n) is 3.82. The number of aromatic nitrogens is 7. The lowest BCUT2D eigenvalue weighted by Gasteiger charge is -2.13. The van der Waals surface area contributed by atoms with Crippen LogP contribution in [0.1, 0.15) is 17.3 Å². The molecule has 0 aliphatic carbocycles. The first-order valence-corrected chi connectivity index (χ1v) is 11.4. The second-order valence-corrected chi connectivity index (χ2v) is 8.35. The van der Waals surface area contributed by atoms with Gasteiger partial charge in [-0.25, -0.2) is 9.50 Å². The lowest BCUT2D eigenvalue weighted by molar-refractivity contribution is -0.0494. The molecular formula is C24H22F2N8O4. The van der Waals surface area contributed by atoms with Gasteiger partial charge in [-0.2, -0.15) is 24.1 Å². The number of nitrogens with one attached hydrogen (secondary N) is 1. The number of fused-ring (bicyclic) bond motifs is 1. The maximum atomic E-state index is 13.2. The van der Waals surface area contributed by atoms with Gasteiger partial charge in [-0.1, -0.05) is 0 Å². The van der Waals surface area contributed by atoms with Crippen molar-refractivity contribution < 1.29 is 28.2 Å². The third-order valence-electron chi connectivity index (χ3n) is 5.32. The highest BCUT2D eigenvalue weighted by atomic mass is 19.3. The van der Waals surface area contributed by atoms with E-state index in [0.29, 0.717) is 11.4 Å². The number of carbonyl (C=O) groups excluding carboxylic acids is 1. The number of anilines is 1. The number of carbonyl (C=O) groups is 1. The van der Waals surface area contributed by atoms with E-state index in [-0.39, 0.29) is 40.6 Å². The quantitative estimate of drug-likeness (QED) is 0.300. The molecule has 0 aliphatic heterocycles. The summed E-state index contributed by atoms with van der Waals surface area (Å²) in [5, 5.41) is 24.9. The van der Waals surface area contributed by atoms with E-state index in [4.69, 9.17) is 9.47 Å². The third kappa shape index (κ3) is 5.29. The number of benzene rings is 1. The summed E-state index contributed by atoms with van der Waals surface area (Å²) in [5.41, 5.74) is 1.15. The van der Waals surface area contributed by atoms with Gasteiger partial charge in [0, 0.05) is 25.6 Å². The Labute approximate surface area is 214 Å². The summed E-state index contributed by atoms with van der Waals surface area (Å²) < 4.78 is 41.4. The van der Waals surface area contributed by atoms with Gasteiger partial charge in [0.05, 0.1) is 42.5 Å². The van der Waals surface area contributed by atoms with Crippen molar-refractivity contribution in [1.82, 2.24) is 34.2 Å². The molecular weight excluding hydrogens is 502 g/mol. The molecule has 196 valence electrons. The largest absolute Gasteiger partial charge is 0.454 e. The van der Waals surface area contributed by atoms with Gasteiger partial charge in [0.25, 0.3) is 5.91 Å². The van der Waals surface area contributed by atoms with E-state index in [1.165, 1.54) is 56.9 Å². The Morgan fingerprint density at radius 2 is 2.03 bits per heavy atom. The van der Waals surface area contributed by atoms with Crippen molar-refractivity contribution >= 4 is 17.2 Å². The molecule has 5 aromatic rings. The lowest BCUT2D eigenvalue weighted by Crippen LogP contribution is -2.12. The number of amides is 1. The predicted octanol–water partition coefficient (Wildman–Crippen LogP) is 3.35. The monoisotopic (exact) mass is 524 g/mol. The number of alkyl halides is 2. The number of aliphatic hydroxyl groups is 1. The minimum Gasteiger partial charge on any atom is -0.454 e. The maximum absolute atomic E-state index is 13.2. The van der Waals surface area contributed by atoms with Crippen molar-refractivity contribution in [2.75, 3.05) is 5.32 Å². The van der Waals surface area contributed by atoms with Gasteiger partial charge in [-0.05, 0) is 31.2 Å². The van der Waals surface area contributed by atoms with Crippen molar-refractivity contribution in [3.05, 3.63) is 67.0 Å². The molecule has 0 spiro atoms. The molecule has 0 bridgehead atoms. The van der Waals surface area contributed by atoms with Gasteiger partial charge in [-0.3, -0.25) is 14.2 Å². The van der Waals surface area contributed by atoms with Crippen LogP contribution in [0.25, 0.3) is 16.9 Å². The second kappa shape index (κ2) is 10.3. The first kappa shape index (κ1) is 24.8. The van der Waals surface area contributed by atoms with Crippen LogP contribution >= 0.6 is 0 Å². The summed E-state index contributed by atoms with van der Waals surface area (Å²) in [6, 6.07) is 5.93. The topological polar surface area (TPSA) is 134 Å². The highest BCUT2D eigenvalue weighted by Crippen LogP contribution is 2.38. The van der Waals surface area contributed by atoms with E-state index in [2.05, 4.69) is 25.6 Å². The summed E-state index contributed by atoms with van der Waals surface area (Å²) in [6.45, 7) is -1.19. The van der Waals surface area contributed by atoms with E-state index >= 15 is 0 Å². The number of aryl methyl sites for hydroxylation is 1. The van der Waals surface area contributed by atoms with Crippen LogP contribution in [0.5, 0.6) is 17.2 Å². The number of nitrogens with zero attached hydrogens (tertiary/aromatic N) is 7. The van der Waals surface area contributed by atoms with Crippen LogP contribution < -0.4 is 14.8 Å². The molecule has 4 heterocycles. The van der Waals surface area contributed by atoms with Crippen LogP contribution in [0.15, 0.2) is 61.4 Å². The van der Waals surface area contributed by atoms with Crippen LogP contribution in [-0.2, 0) is 13.6 Å². The Bertz CT molecular complexity index is 1590. The minimum atomic E-state index is -3.09. The number of halogens is 2. The van der Waals surface area contributed by atoms with Crippen molar-refractivity contribution in [1.29, 1.82) is 0 Å². The smallest absolute Gasteiger partial charge is 0.387 e. The van der Waals surface area contributed by atoms with Crippen molar-refractivity contribution in [3.63, 3.8) is 0 Å². The minimum absolute atomic E-state index is 0.160. The number of hydrogen-bond acceptors (Lipinski definition) is 8. The Balaban J connectivity index is 1.48. The van der Waals surface area contributed by atoms with Crippen LogP contribution in [-0.4, -0.2) is 57.9 Å². The molecule has 5 rings (SSSR count). The molecule has 0 radical (unpaired) electrons. The molecule has 1 amide bonds. The van der Waals surface area contributed by atoms with Crippen molar-refractivity contribution in [2.45, 2.75) is 26.2 Å². The van der Waals surface area contributed by atoms with Gasteiger partial charge in [0.15, 0.2) is 11.4 Å². The molecule has 38 heavy (non-hydrogen) atoms. The molecule has 0 aliphatic rings. The Morgan fingerprint density at radius 3 is 2.82 bits per heavy atom. The molecule has 0 fully saturated rings. The molecule has 1 atom stereocenters. The summed E-state index contributed by atoms with van der Waals surface area (Å²) in [4.78, 5) is 17.3. The second-order valence-electron chi connectivity index (χ2n) is 8.35. The van der Waals surface area contributed by atoms with Crippen LogP contribution in [0, 0.1) is 0 Å². The molecule has 2 N–H and O–H groups in total. The molecule has 14 heteroatoms. The average molecular weight is 524 g/mol. The van der Waals surface area contributed by atoms with Crippen LogP contribution in [0.2, 0.25) is 0 Å². The zero-order valence-electron chi connectivity index (χ0n) is 20.2. The van der Waals surface area contributed by atoms with Gasteiger partial charge >= 0.3 is 6.61 Å². The van der Waals surface area contributed by atoms with Gasteiger partial charge in [-0.15, -0.1) is 0 Å². The third-order valence-corrected chi connectivity index (χ3v) is 5.32. The Kier molecular flexibility index (Phi) is 6.70. The van der Waals surface area contributed by atoms with Crippen LogP contribution in [0.4, 0.5) is 14.5 Å². The number of aliphatic hydroxyl groups excluding tert-OH is 1. The summed E-state index contributed by atoms with van der Waals surface area (Å²) in [6.07, 6.45) is 8.56. The van der Waals surface area contributed by atoms with E-state index < -0.39 is 18.6 Å². The zero-order valence-corrected chi connectivity index (χ0v) is 20.2. The first-order chi connectivity index (χ1) is 18.3. The fourth-order valence-corrected chi connectivity index (χ4v) is 3.82. The van der Waals surface area contributed by atoms with Crippen LogP contribution in [0.3, 0.4) is 0 Å². The number of ether oxygens (including phenoxy) is 2.